The molecule has 29 heavy (non-hydrogen) atoms. The topological polar surface area (TPSA) is 97.9 Å². The van der Waals surface area contributed by atoms with Gasteiger partial charge < -0.3 is 15.0 Å². The Kier molecular flexibility index (Phi) is 6.28. The van der Waals surface area contributed by atoms with Crippen molar-refractivity contribution >= 4 is 17.5 Å². The average molecular weight is 397 g/mol. The smallest absolute Gasteiger partial charge is 0.350 e. The Morgan fingerprint density at radius 3 is 2.76 bits per heavy atom. The van der Waals surface area contributed by atoms with E-state index >= 15 is 0 Å². The predicted octanol–water partition coefficient (Wildman–Crippen LogP) is 0.783. The van der Waals surface area contributed by atoms with Crippen LogP contribution in [0.15, 0.2) is 53.5 Å². The van der Waals surface area contributed by atoms with Crippen molar-refractivity contribution in [2.24, 2.45) is 0 Å². The Morgan fingerprint density at radius 2 is 2.00 bits per heavy atom. The number of aryl methyl sites for hydroxylation is 1. The normalized spacial score (nSPS) is 10.7. The number of hydrogen-bond donors (Lipinski definition) is 1. The molecule has 0 unspecified atom stereocenters. The average Bonchev–Trinajstić information content (AvgIpc) is 3.05. The van der Waals surface area contributed by atoms with Crippen molar-refractivity contribution in [2.45, 2.75) is 13.0 Å². The number of benzene rings is 1. The minimum Gasteiger partial charge on any atom is -0.484 e. The molecule has 0 saturated carbocycles. The number of carbonyl (C=O) groups excluding carboxylic acids is 2. The lowest BCUT2D eigenvalue weighted by molar-refractivity contribution is -0.130. The molecule has 3 aromatic rings. The van der Waals surface area contributed by atoms with Gasteiger partial charge in [0.15, 0.2) is 12.3 Å². The van der Waals surface area contributed by atoms with E-state index in [1.165, 1.54) is 14.0 Å². The Morgan fingerprint density at radius 1 is 1.17 bits per heavy atom. The molecule has 0 radical (unpaired) electrons. The van der Waals surface area contributed by atoms with Crippen LogP contribution in [-0.2, 0) is 11.3 Å². The van der Waals surface area contributed by atoms with Crippen LogP contribution in [0.2, 0.25) is 0 Å². The van der Waals surface area contributed by atoms with Gasteiger partial charge in [0, 0.05) is 38.9 Å². The molecule has 1 N–H and O–H groups in total. The second-order valence-corrected chi connectivity index (χ2v) is 6.65. The highest BCUT2D eigenvalue weighted by Crippen LogP contribution is 2.13. The largest absolute Gasteiger partial charge is 0.484 e. The van der Waals surface area contributed by atoms with Gasteiger partial charge in [0.05, 0.1) is 0 Å². The van der Waals surface area contributed by atoms with Crippen molar-refractivity contribution in [3.05, 3.63) is 64.7 Å². The van der Waals surface area contributed by atoms with Gasteiger partial charge in [-0.25, -0.2) is 9.48 Å². The number of nitrogens with one attached hydrogen (secondary N) is 1. The maximum Gasteiger partial charge on any atom is 0.350 e. The molecule has 2 aromatic heterocycles. The number of nitrogens with zero attached hydrogens (tertiary/aromatic N) is 4. The van der Waals surface area contributed by atoms with E-state index < -0.39 is 0 Å². The van der Waals surface area contributed by atoms with E-state index in [1.54, 1.807) is 56.7 Å². The van der Waals surface area contributed by atoms with Crippen molar-refractivity contribution in [1.29, 1.82) is 0 Å². The van der Waals surface area contributed by atoms with Gasteiger partial charge in [-0.15, -0.1) is 5.10 Å². The summed E-state index contributed by atoms with van der Waals surface area (Å²) >= 11 is 0. The number of hydrogen-bond acceptors (Lipinski definition) is 5. The third-order valence-corrected chi connectivity index (χ3v) is 4.28. The second-order valence-electron chi connectivity index (χ2n) is 6.65. The van der Waals surface area contributed by atoms with Crippen LogP contribution >= 0.6 is 0 Å². The molecule has 1 aromatic carbocycles. The molecule has 0 spiro atoms. The van der Waals surface area contributed by atoms with Gasteiger partial charge in [-0.2, -0.15) is 0 Å². The van der Waals surface area contributed by atoms with Crippen LogP contribution < -0.4 is 15.7 Å². The van der Waals surface area contributed by atoms with Gasteiger partial charge in [0.2, 0.25) is 0 Å². The van der Waals surface area contributed by atoms with Crippen LogP contribution in [0.1, 0.15) is 16.8 Å². The number of carbonyl (C=O) groups is 2. The molecule has 9 nitrogen and oxygen atoms in total. The summed E-state index contributed by atoms with van der Waals surface area (Å²) in [7, 11) is 3.30. The van der Waals surface area contributed by atoms with Gasteiger partial charge >= 0.3 is 5.69 Å². The SMILES string of the molecule is CN(C)C(=O)COc1cccc(C(=O)NCCCn2nc3ccccn3c2=O)c1. The molecule has 0 atom stereocenters. The van der Waals surface area contributed by atoms with Crippen LogP contribution in [0.4, 0.5) is 0 Å². The molecule has 0 aliphatic carbocycles. The molecule has 0 aliphatic rings. The van der Waals surface area contributed by atoms with Gasteiger partial charge in [-0.05, 0) is 36.8 Å². The highest BCUT2D eigenvalue weighted by Gasteiger charge is 2.09. The van der Waals surface area contributed by atoms with Crippen LogP contribution in [0.3, 0.4) is 0 Å². The van der Waals surface area contributed by atoms with Gasteiger partial charge in [0.1, 0.15) is 5.75 Å². The van der Waals surface area contributed by atoms with Gasteiger partial charge in [-0.3, -0.25) is 14.0 Å². The fourth-order valence-electron chi connectivity index (χ4n) is 2.65. The maximum absolute atomic E-state index is 12.3. The lowest BCUT2D eigenvalue weighted by Gasteiger charge is -2.12. The molecular formula is C20H23N5O4. The number of pyridine rings is 1. The molecule has 9 heteroatoms. The van der Waals surface area contributed by atoms with Crippen LogP contribution in [-0.4, -0.2) is 58.1 Å². The summed E-state index contributed by atoms with van der Waals surface area (Å²) in [6.07, 6.45) is 2.23. The van der Waals surface area contributed by atoms with Crippen molar-refractivity contribution in [1.82, 2.24) is 24.4 Å². The summed E-state index contributed by atoms with van der Waals surface area (Å²) in [6, 6.07) is 12.0. The number of fused-ring (bicyclic) bond motifs is 1. The third kappa shape index (κ3) is 5.01. The summed E-state index contributed by atoms with van der Waals surface area (Å²) in [5, 5.41) is 7.07. The van der Waals surface area contributed by atoms with E-state index in [1.807, 2.05) is 6.07 Å². The first-order valence-electron chi connectivity index (χ1n) is 9.21. The van der Waals surface area contributed by atoms with E-state index in [0.717, 1.165) is 0 Å². The van der Waals surface area contributed by atoms with E-state index in [0.29, 0.717) is 36.5 Å². The van der Waals surface area contributed by atoms with Gasteiger partial charge in [0.25, 0.3) is 11.8 Å². The molecule has 3 rings (SSSR count). The zero-order valence-electron chi connectivity index (χ0n) is 16.4. The molecule has 2 amide bonds. The fourth-order valence-corrected chi connectivity index (χ4v) is 2.65. The highest BCUT2D eigenvalue weighted by molar-refractivity contribution is 5.94. The fraction of sp³-hybridized carbons (Fsp3) is 0.300. The quantitative estimate of drug-likeness (QED) is 0.567. The second kappa shape index (κ2) is 9.05. The highest BCUT2D eigenvalue weighted by atomic mass is 16.5. The summed E-state index contributed by atoms with van der Waals surface area (Å²) in [6.45, 7) is 0.700. The summed E-state index contributed by atoms with van der Waals surface area (Å²) in [5.41, 5.74) is 0.819. The van der Waals surface area contributed by atoms with E-state index in [-0.39, 0.29) is 24.1 Å². The number of amides is 2. The molecule has 0 bridgehead atoms. The Hall–Kier alpha value is -3.62. The number of ether oxygens (including phenoxy) is 1. The number of aromatic nitrogens is 3. The predicted molar refractivity (Wildman–Crippen MR) is 107 cm³/mol. The van der Waals surface area contributed by atoms with Crippen molar-refractivity contribution in [2.75, 3.05) is 27.2 Å². The standard InChI is InChI=1S/C20H23N5O4/c1-23(2)18(26)14-29-16-8-5-7-15(13-16)19(27)21-10-6-12-25-20(28)24-11-4-3-9-17(24)22-25/h3-5,7-9,11,13H,6,10,12,14H2,1-2H3,(H,21,27). The minimum atomic E-state index is -0.253. The first kappa shape index (κ1) is 20.1. The Bertz CT molecular complexity index is 1070. The zero-order valence-corrected chi connectivity index (χ0v) is 16.4. The number of likely N-dealkylation sites (N-methyl/N-ethyl adjacent to an activating group) is 1. The molecular weight excluding hydrogens is 374 g/mol. The molecule has 2 heterocycles. The van der Waals surface area contributed by atoms with Crippen LogP contribution in [0.5, 0.6) is 5.75 Å². The van der Waals surface area contributed by atoms with Crippen LogP contribution in [0.25, 0.3) is 5.65 Å². The minimum absolute atomic E-state index is 0.0914. The molecule has 0 saturated heterocycles. The zero-order chi connectivity index (χ0) is 20.8. The first-order valence-corrected chi connectivity index (χ1v) is 9.21. The molecule has 0 aliphatic heterocycles. The molecule has 0 fully saturated rings. The first-order chi connectivity index (χ1) is 14.0. The Balaban J connectivity index is 1.50. The summed E-state index contributed by atoms with van der Waals surface area (Å²) in [5.74, 6) is 0.0304. The maximum atomic E-state index is 12.3. The van der Waals surface area contributed by atoms with Crippen LogP contribution in [0, 0.1) is 0 Å². The monoisotopic (exact) mass is 397 g/mol. The van der Waals surface area contributed by atoms with Crippen molar-refractivity contribution in [3.63, 3.8) is 0 Å². The Labute approximate surface area is 167 Å². The summed E-state index contributed by atoms with van der Waals surface area (Å²) < 4.78 is 8.29. The van der Waals surface area contributed by atoms with Gasteiger partial charge in [-0.1, -0.05) is 12.1 Å². The lowest BCUT2D eigenvalue weighted by Crippen LogP contribution is -2.28. The van der Waals surface area contributed by atoms with E-state index in [9.17, 15) is 14.4 Å². The third-order valence-electron chi connectivity index (χ3n) is 4.28. The number of rotatable bonds is 8. The lowest BCUT2D eigenvalue weighted by atomic mass is 10.2. The van der Waals surface area contributed by atoms with Crippen molar-refractivity contribution < 1.29 is 14.3 Å². The molecule has 152 valence electrons. The van der Waals surface area contributed by atoms with E-state index in [4.69, 9.17) is 4.74 Å². The van der Waals surface area contributed by atoms with E-state index in [2.05, 4.69) is 10.4 Å². The van der Waals surface area contributed by atoms with Crippen molar-refractivity contribution in [3.8, 4) is 5.75 Å². The summed E-state index contributed by atoms with van der Waals surface area (Å²) in [4.78, 5) is 37.6.